The first-order chi connectivity index (χ1) is 10.4. The zero-order valence-electron chi connectivity index (χ0n) is 12.3. The van der Waals surface area contributed by atoms with Gasteiger partial charge in [0.1, 0.15) is 0 Å². The van der Waals surface area contributed by atoms with E-state index in [1.54, 1.807) is 23.5 Å². The molecule has 2 aromatic heterocycles. The molecule has 0 bridgehead atoms. The van der Waals surface area contributed by atoms with Crippen molar-refractivity contribution in [3.05, 3.63) is 59.1 Å². The van der Waals surface area contributed by atoms with Gasteiger partial charge in [0.15, 0.2) is 0 Å². The quantitative estimate of drug-likeness (QED) is 0.798. The molecule has 1 aromatic carbocycles. The van der Waals surface area contributed by atoms with Crippen molar-refractivity contribution in [3.63, 3.8) is 0 Å². The van der Waals surface area contributed by atoms with Crippen molar-refractivity contribution in [1.29, 1.82) is 0 Å². The Morgan fingerprint density at radius 3 is 2.45 bits per heavy atom. The van der Waals surface area contributed by atoms with Gasteiger partial charge in [-0.3, -0.25) is 0 Å². The van der Waals surface area contributed by atoms with Crippen molar-refractivity contribution < 1.29 is 8.42 Å². The molecule has 2 heterocycles. The Labute approximate surface area is 133 Å². The summed E-state index contributed by atoms with van der Waals surface area (Å²) in [6.07, 6.45) is 0. The lowest BCUT2D eigenvalue weighted by atomic mass is 10.1. The standard InChI is InChI=1S/C16H16N2O2S2/c1-11-9-16(21-10-11)18-12(2)7-8-14(18)13-5-3-4-6-15(13)22(17,19)20/h3-10H,1-2H3,(H2,17,19,20). The van der Waals surface area contributed by atoms with Crippen molar-refractivity contribution in [3.8, 4) is 16.3 Å². The van der Waals surface area contributed by atoms with E-state index in [-0.39, 0.29) is 4.90 Å². The number of aromatic nitrogens is 1. The zero-order chi connectivity index (χ0) is 15.9. The largest absolute Gasteiger partial charge is 0.305 e. The number of nitrogens with two attached hydrogens (primary N) is 1. The second-order valence-corrected chi connectivity index (χ2v) is 7.62. The van der Waals surface area contributed by atoms with Crippen LogP contribution in [-0.2, 0) is 10.0 Å². The highest BCUT2D eigenvalue weighted by Gasteiger charge is 2.18. The SMILES string of the molecule is Cc1csc(-n2c(C)ccc2-c2ccccc2S(N)(=O)=O)c1. The van der Waals surface area contributed by atoms with Gasteiger partial charge in [-0.2, -0.15) is 0 Å². The molecule has 0 amide bonds. The average Bonchev–Trinajstić information content (AvgIpc) is 3.03. The van der Waals surface area contributed by atoms with Crippen molar-refractivity contribution in [2.24, 2.45) is 5.14 Å². The molecule has 4 nitrogen and oxygen atoms in total. The summed E-state index contributed by atoms with van der Waals surface area (Å²) in [4.78, 5) is 0.141. The van der Waals surface area contributed by atoms with Crippen LogP contribution < -0.4 is 5.14 Å². The summed E-state index contributed by atoms with van der Waals surface area (Å²) in [6, 6.07) is 12.8. The van der Waals surface area contributed by atoms with Gasteiger partial charge in [0.2, 0.25) is 10.0 Å². The molecule has 0 saturated heterocycles. The third-order valence-corrected chi connectivity index (χ3v) is 5.48. The predicted molar refractivity (Wildman–Crippen MR) is 89.9 cm³/mol. The zero-order valence-corrected chi connectivity index (χ0v) is 13.9. The van der Waals surface area contributed by atoms with Crippen molar-refractivity contribution >= 4 is 21.4 Å². The van der Waals surface area contributed by atoms with Gasteiger partial charge in [-0.1, -0.05) is 18.2 Å². The first-order valence-corrected chi connectivity index (χ1v) is 9.16. The molecule has 0 aliphatic heterocycles. The smallest absolute Gasteiger partial charge is 0.238 e. The fraction of sp³-hybridized carbons (Fsp3) is 0.125. The molecule has 0 radical (unpaired) electrons. The van der Waals surface area contributed by atoms with Gasteiger partial charge < -0.3 is 4.57 Å². The summed E-state index contributed by atoms with van der Waals surface area (Å²) in [5.74, 6) is 0. The van der Waals surface area contributed by atoms with E-state index in [1.165, 1.54) is 11.6 Å². The number of thiophene rings is 1. The van der Waals surface area contributed by atoms with Crippen LogP contribution in [0.1, 0.15) is 11.3 Å². The minimum atomic E-state index is -3.78. The number of benzene rings is 1. The van der Waals surface area contributed by atoms with E-state index in [2.05, 4.69) is 16.0 Å². The fourth-order valence-corrected chi connectivity index (χ4v) is 4.22. The van der Waals surface area contributed by atoms with Gasteiger partial charge in [-0.15, -0.1) is 11.3 Å². The number of hydrogen-bond acceptors (Lipinski definition) is 3. The molecular formula is C16H16N2O2S2. The van der Waals surface area contributed by atoms with Gasteiger partial charge >= 0.3 is 0 Å². The summed E-state index contributed by atoms with van der Waals surface area (Å²) in [7, 11) is -3.78. The molecule has 0 spiro atoms. The van der Waals surface area contributed by atoms with Crippen LogP contribution in [0.15, 0.2) is 52.7 Å². The third kappa shape index (κ3) is 2.61. The molecular weight excluding hydrogens is 316 g/mol. The Morgan fingerprint density at radius 1 is 1.09 bits per heavy atom. The van der Waals surface area contributed by atoms with Crippen LogP contribution in [0.25, 0.3) is 16.3 Å². The Bertz CT molecular complexity index is 937. The molecule has 0 aliphatic carbocycles. The lowest BCUT2D eigenvalue weighted by Gasteiger charge is -2.12. The normalized spacial score (nSPS) is 11.8. The minimum absolute atomic E-state index is 0.141. The summed E-state index contributed by atoms with van der Waals surface area (Å²) >= 11 is 1.63. The Kier molecular flexibility index (Phi) is 3.68. The lowest BCUT2D eigenvalue weighted by molar-refractivity contribution is 0.598. The summed E-state index contributed by atoms with van der Waals surface area (Å²) in [6.45, 7) is 4.04. The highest BCUT2D eigenvalue weighted by molar-refractivity contribution is 7.89. The first kappa shape index (κ1) is 15.0. The number of hydrogen-bond donors (Lipinski definition) is 1. The Morgan fingerprint density at radius 2 is 1.82 bits per heavy atom. The van der Waals surface area contributed by atoms with Crippen LogP contribution in [0.2, 0.25) is 0 Å². The molecule has 22 heavy (non-hydrogen) atoms. The molecule has 0 fully saturated rings. The van der Waals surface area contributed by atoms with Gasteiger partial charge in [-0.05, 0) is 49.1 Å². The Balaban J connectivity index is 2.28. The molecule has 114 valence electrons. The monoisotopic (exact) mass is 332 g/mol. The first-order valence-electron chi connectivity index (χ1n) is 6.74. The van der Waals surface area contributed by atoms with E-state index in [4.69, 9.17) is 5.14 Å². The maximum absolute atomic E-state index is 11.9. The van der Waals surface area contributed by atoms with Crippen LogP contribution in [0.5, 0.6) is 0 Å². The van der Waals surface area contributed by atoms with E-state index in [9.17, 15) is 8.42 Å². The number of sulfonamides is 1. The highest BCUT2D eigenvalue weighted by Crippen LogP contribution is 2.32. The molecule has 3 rings (SSSR count). The number of rotatable bonds is 3. The van der Waals surface area contributed by atoms with Gasteiger partial charge in [-0.25, -0.2) is 13.6 Å². The molecule has 2 N–H and O–H groups in total. The van der Waals surface area contributed by atoms with Crippen LogP contribution in [-0.4, -0.2) is 13.0 Å². The maximum atomic E-state index is 11.9. The van der Waals surface area contributed by atoms with Crippen LogP contribution in [0, 0.1) is 13.8 Å². The van der Waals surface area contributed by atoms with Gasteiger partial charge in [0.05, 0.1) is 15.6 Å². The van der Waals surface area contributed by atoms with Gasteiger partial charge in [0.25, 0.3) is 0 Å². The summed E-state index contributed by atoms with van der Waals surface area (Å²) in [5.41, 5.74) is 3.66. The fourth-order valence-electron chi connectivity index (χ4n) is 2.50. The Hall–Kier alpha value is -1.89. The average molecular weight is 332 g/mol. The van der Waals surface area contributed by atoms with E-state index in [0.717, 1.165) is 16.4 Å². The van der Waals surface area contributed by atoms with E-state index in [1.807, 2.05) is 32.0 Å². The number of aryl methyl sites for hydroxylation is 2. The molecule has 0 unspecified atom stereocenters. The number of nitrogens with zero attached hydrogens (tertiary/aromatic N) is 1. The van der Waals surface area contributed by atoms with Crippen molar-refractivity contribution in [1.82, 2.24) is 4.57 Å². The molecule has 3 aromatic rings. The summed E-state index contributed by atoms with van der Waals surface area (Å²) < 4.78 is 25.8. The maximum Gasteiger partial charge on any atom is 0.238 e. The summed E-state index contributed by atoms with van der Waals surface area (Å²) in [5, 5.41) is 8.49. The van der Waals surface area contributed by atoms with E-state index < -0.39 is 10.0 Å². The minimum Gasteiger partial charge on any atom is -0.305 e. The van der Waals surface area contributed by atoms with Crippen molar-refractivity contribution in [2.45, 2.75) is 18.7 Å². The predicted octanol–water partition coefficient (Wildman–Crippen LogP) is 3.47. The van der Waals surface area contributed by atoms with Crippen LogP contribution >= 0.6 is 11.3 Å². The molecule has 0 atom stereocenters. The second-order valence-electron chi connectivity index (χ2n) is 5.20. The van der Waals surface area contributed by atoms with Crippen LogP contribution in [0.3, 0.4) is 0 Å². The van der Waals surface area contributed by atoms with Crippen LogP contribution in [0.4, 0.5) is 0 Å². The van der Waals surface area contributed by atoms with Gasteiger partial charge in [0, 0.05) is 11.3 Å². The van der Waals surface area contributed by atoms with E-state index in [0.29, 0.717) is 5.56 Å². The molecule has 0 aliphatic rings. The molecule has 6 heteroatoms. The molecule has 0 saturated carbocycles. The van der Waals surface area contributed by atoms with E-state index >= 15 is 0 Å². The lowest BCUT2D eigenvalue weighted by Crippen LogP contribution is -2.14. The highest BCUT2D eigenvalue weighted by atomic mass is 32.2. The number of primary sulfonamides is 1. The second kappa shape index (κ2) is 5.39. The van der Waals surface area contributed by atoms with Crippen molar-refractivity contribution in [2.75, 3.05) is 0 Å². The topological polar surface area (TPSA) is 65.1 Å². The third-order valence-electron chi connectivity index (χ3n) is 3.48.